The van der Waals surface area contributed by atoms with E-state index in [1.165, 1.54) is 22.3 Å². The average Bonchev–Trinajstić information content (AvgIpc) is 3.20. The van der Waals surface area contributed by atoms with Crippen LogP contribution < -0.4 is 4.74 Å². The normalized spacial score (nSPS) is 11.0. The van der Waals surface area contributed by atoms with Crippen LogP contribution in [0.2, 0.25) is 0 Å². The molecule has 34 heavy (non-hydrogen) atoms. The van der Waals surface area contributed by atoms with Crippen molar-refractivity contribution in [1.29, 1.82) is 0 Å². The third kappa shape index (κ3) is 4.41. The number of hydrogen-bond donors (Lipinski definition) is 1. The monoisotopic (exact) mass is 448 g/mol. The zero-order valence-corrected chi connectivity index (χ0v) is 18.8. The molecule has 1 heterocycles. The summed E-state index contributed by atoms with van der Waals surface area (Å²) in [5.41, 5.74) is 6.94. The summed E-state index contributed by atoms with van der Waals surface area (Å²) < 4.78 is 8.21. The summed E-state index contributed by atoms with van der Waals surface area (Å²) in [6, 6.07) is 31.5. The smallest absolute Gasteiger partial charge is 0.335 e. The second-order valence-electron chi connectivity index (χ2n) is 8.25. The Morgan fingerprint density at radius 1 is 0.912 bits per heavy atom. The maximum atomic E-state index is 11.1. The fourth-order valence-electron chi connectivity index (χ4n) is 4.14. The molecule has 5 aromatic rings. The molecule has 0 fully saturated rings. The maximum absolute atomic E-state index is 11.1. The average molecular weight is 449 g/mol. The standard InChI is InChI=1S/C29H24N2O3/c1-20-11-16-26-27(17-20)31(18-23-9-5-6-10-25(23)21-7-3-2-4-8-21)28(30-26)19-34-24-14-12-22(13-15-24)29(32)33/h2-17H,18-19H2,1H3,(H,32,33). The van der Waals surface area contributed by atoms with Gasteiger partial charge in [0.2, 0.25) is 0 Å². The third-order valence-electron chi connectivity index (χ3n) is 5.88. The number of aromatic nitrogens is 2. The van der Waals surface area contributed by atoms with Crippen molar-refractivity contribution in [3.8, 4) is 16.9 Å². The molecule has 1 N–H and O–H groups in total. The van der Waals surface area contributed by atoms with E-state index in [4.69, 9.17) is 14.8 Å². The number of imidazole rings is 1. The number of rotatable bonds is 7. The predicted octanol–water partition coefficient (Wildman–Crippen LogP) is 6.34. The summed E-state index contributed by atoms with van der Waals surface area (Å²) in [7, 11) is 0. The van der Waals surface area contributed by atoms with Crippen molar-refractivity contribution in [3.63, 3.8) is 0 Å². The van der Waals surface area contributed by atoms with Crippen molar-refractivity contribution in [3.05, 3.63) is 120 Å². The lowest BCUT2D eigenvalue weighted by atomic mass is 9.99. The van der Waals surface area contributed by atoms with Gasteiger partial charge in [0, 0.05) is 0 Å². The van der Waals surface area contributed by atoms with Gasteiger partial charge >= 0.3 is 5.97 Å². The summed E-state index contributed by atoms with van der Waals surface area (Å²) in [4.78, 5) is 16.0. The molecular weight excluding hydrogens is 424 g/mol. The minimum absolute atomic E-state index is 0.229. The van der Waals surface area contributed by atoms with Gasteiger partial charge in [0.1, 0.15) is 18.2 Å². The number of aryl methyl sites for hydroxylation is 1. The predicted molar refractivity (Wildman–Crippen MR) is 133 cm³/mol. The largest absolute Gasteiger partial charge is 0.486 e. The Kier molecular flexibility index (Phi) is 5.83. The van der Waals surface area contributed by atoms with Gasteiger partial charge in [-0.25, -0.2) is 9.78 Å². The lowest BCUT2D eigenvalue weighted by Crippen LogP contribution is -2.09. The van der Waals surface area contributed by atoms with E-state index < -0.39 is 5.97 Å². The SMILES string of the molecule is Cc1ccc2nc(COc3ccc(C(=O)O)cc3)n(Cc3ccccc3-c3ccccc3)c2c1. The van der Waals surface area contributed by atoms with Crippen LogP contribution in [0.25, 0.3) is 22.2 Å². The van der Waals surface area contributed by atoms with Crippen molar-refractivity contribution in [2.75, 3.05) is 0 Å². The topological polar surface area (TPSA) is 64.3 Å². The highest BCUT2D eigenvalue weighted by atomic mass is 16.5. The Labute approximate surface area is 197 Å². The molecule has 4 aromatic carbocycles. The lowest BCUT2D eigenvalue weighted by molar-refractivity contribution is 0.0697. The first-order valence-corrected chi connectivity index (χ1v) is 11.1. The van der Waals surface area contributed by atoms with Gasteiger partial charge in [0.15, 0.2) is 0 Å². The minimum Gasteiger partial charge on any atom is -0.486 e. The summed E-state index contributed by atoms with van der Waals surface area (Å²) in [6.07, 6.45) is 0. The summed E-state index contributed by atoms with van der Waals surface area (Å²) in [5, 5.41) is 9.11. The Morgan fingerprint density at radius 2 is 1.65 bits per heavy atom. The molecule has 0 bridgehead atoms. The van der Waals surface area contributed by atoms with Crippen LogP contribution in [0.3, 0.4) is 0 Å². The number of carboxylic acids is 1. The fourth-order valence-corrected chi connectivity index (χ4v) is 4.14. The lowest BCUT2D eigenvalue weighted by Gasteiger charge is -2.14. The summed E-state index contributed by atoms with van der Waals surface area (Å²) in [5.74, 6) is 0.455. The quantitative estimate of drug-likeness (QED) is 0.316. The van der Waals surface area contributed by atoms with E-state index in [9.17, 15) is 4.79 Å². The second kappa shape index (κ2) is 9.24. The molecule has 0 radical (unpaired) electrons. The molecule has 0 saturated carbocycles. The molecule has 0 saturated heterocycles. The van der Waals surface area contributed by atoms with E-state index in [1.807, 2.05) is 12.1 Å². The van der Waals surface area contributed by atoms with E-state index in [0.717, 1.165) is 16.9 Å². The van der Waals surface area contributed by atoms with Crippen LogP contribution in [0.15, 0.2) is 97.1 Å². The van der Waals surface area contributed by atoms with Gasteiger partial charge in [-0.3, -0.25) is 0 Å². The van der Waals surface area contributed by atoms with Crippen molar-refractivity contribution in [2.45, 2.75) is 20.1 Å². The van der Waals surface area contributed by atoms with Crippen molar-refractivity contribution < 1.29 is 14.6 Å². The first-order chi connectivity index (χ1) is 16.6. The Morgan fingerprint density at radius 3 is 2.41 bits per heavy atom. The molecule has 5 rings (SSSR count). The fraction of sp³-hybridized carbons (Fsp3) is 0.103. The molecule has 1 aromatic heterocycles. The molecular formula is C29H24N2O3. The van der Waals surface area contributed by atoms with Crippen molar-refractivity contribution >= 4 is 17.0 Å². The van der Waals surface area contributed by atoms with Crippen LogP contribution in [0, 0.1) is 6.92 Å². The summed E-state index contributed by atoms with van der Waals surface area (Å²) >= 11 is 0. The zero-order chi connectivity index (χ0) is 23.5. The van der Waals surface area contributed by atoms with E-state index in [-0.39, 0.29) is 12.2 Å². The van der Waals surface area contributed by atoms with Gasteiger partial charge in [-0.2, -0.15) is 0 Å². The first-order valence-electron chi connectivity index (χ1n) is 11.1. The number of ether oxygens (including phenoxy) is 1. The van der Waals surface area contributed by atoms with E-state index in [1.54, 1.807) is 24.3 Å². The zero-order valence-electron chi connectivity index (χ0n) is 18.8. The molecule has 0 aliphatic heterocycles. The molecule has 0 amide bonds. The highest BCUT2D eigenvalue weighted by molar-refractivity contribution is 5.87. The number of nitrogens with zero attached hydrogens (tertiary/aromatic N) is 2. The molecule has 0 aliphatic carbocycles. The molecule has 5 nitrogen and oxygen atoms in total. The van der Waals surface area contributed by atoms with Crippen LogP contribution in [-0.2, 0) is 13.2 Å². The van der Waals surface area contributed by atoms with Gasteiger partial charge in [0.25, 0.3) is 0 Å². The van der Waals surface area contributed by atoms with Crippen molar-refractivity contribution in [2.24, 2.45) is 0 Å². The molecule has 0 atom stereocenters. The number of benzene rings is 4. The van der Waals surface area contributed by atoms with Crippen LogP contribution in [-0.4, -0.2) is 20.6 Å². The molecule has 0 unspecified atom stereocenters. The van der Waals surface area contributed by atoms with E-state index in [2.05, 4.69) is 72.2 Å². The molecule has 0 aliphatic rings. The van der Waals surface area contributed by atoms with Gasteiger partial charge in [0.05, 0.1) is 23.1 Å². The first kappa shape index (κ1) is 21.5. The Hall–Kier alpha value is -4.38. The van der Waals surface area contributed by atoms with E-state index >= 15 is 0 Å². The third-order valence-corrected chi connectivity index (χ3v) is 5.88. The number of carboxylic acid groups (broad SMARTS) is 1. The molecule has 5 heteroatoms. The number of hydrogen-bond acceptors (Lipinski definition) is 3. The number of fused-ring (bicyclic) bond motifs is 1. The maximum Gasteiger partial charge on any atom is 0.335 e. The molecule has 168 valence electrons. The minimum atomic E-state index is -0.958. The van der Waals surface area contributed by atoms with Crippen LogP contribution in [0.4, 0.5) is 0 Å². The Bertz CT molecular complexity index is 1450. The van der Waals surface area contributed by atoms with Crippen molar-refractivity contribution in [1.82, 2.24) is 9.55 Å². The molecule has 0 spiro atoms. The van der Waals surface area contributed by atoms with Crippen LogP contribution in [0.5, 0.6) is 5.75 Å². The van der Waals surface area contributed by atoms with Crippen LogP contribution in [0.1, 0.15) is 27.3 Å². The number of aromatic carboxylic acids is 1. The summed E-state index contributed by atoms with van der Waals surface area (Å²) in [6.45, 7) is 3.00. The second-order valence-corrected chi connectivity index (χ2v) is 8.25. The van der Waals surface area contributed by atoms with Gasteiger partial charge in [-0.05, 0) is 65.6 Å². The van der Waals surface area contributed by atoms with Gasteiger partial charge in [-0.1, -0.05) is 60.7 Å². The highest BCUT2D eigenvalue weighted by Gasteiger charge is 2.14. The van der Waals surface area contributed by atoms with Crippen LogP contribution >= 0.6 is 0 Å². The van der Waals surface area contributed by atoms with Gasteiger partial charge < -0.3 is 14.4 Å². The van der Waals surface area contributed by atoms with Gasteiger partial charge in [-0.15, -0.1) is 0 Å². The Balaban J connectivity index is 1.50. The highest BCUT2D eigenvalue weighted by Crippen LogP contribution is 2.27. The van der Waals surface area contributed by atoms with E-state index in [0.29, 0.717) is 12.3 Å². The number of carbonyl (C=O) groups is 1.